The average Bonchev–Trinajstić information content (AvgIpc) is 2.00. The largest absolute Gasteiger partial charge is 0.480 e. The molecule has 1 atom stereocenters. The molecule has 0 aliphatic rings. The van der Waals surface area contributed by atoms with Crippen LogP contribution < -0.4 is 0 Å². The van der Waals surface area contributed by atoms with Gasteiger partial charge in [-0.2, -0.15) is 13.2 Å². The van der Waals surface area contributed by atoms with Gasteiger partial charge in [0, 0.05) is 5.75 Å². The normalized spacial score (nSPS) is 16.5. The van der Waals surface area contributed by atoms with E-state index in [1.54, 1.807) is 13.8 Å². The number of rotatable bonds is 5. The van der Waals surface area contributed by atoms with Gasteiger partial charge in [0.25, 0.3) is 0 Å². The number of alkyl halides is 3. The summed E-state index contributed by atoms with van der Waals surface area (Å²) in [4.78, 5) is 10.9. The molecular weight excluding hydrogens is 229 g/mol. The Kier molecular flexibility index (Phi) is 4.96. The van der Waals surface area contributed by atoms with Crippen LogP contribution in [0, 0.1) is 5.92 Å². The van der Waals surface area contributed by atoms with Crippen molar-refractivity contribution in [1.82, 2.24) is 0 Å². The highest BCUT2D eigenvalue weighted by molar-refractivity contribution is 8.01. The van der Waals surface area contributed by atoms with Crippen LogP contribution in [0.3, 0.4) is 0 Å². The number of hydrogen-bond acceptors (Lipinski definition) is 2. The lowest BCUT2D eigenvalue weighted by Crippen LogP contribution is -2.37. The smallest absolute Gasteiger partial charge is 0.389 e. The maximum atomic E-state index is 11.9. The summed E-state index contributed by atoms with van der Waals surface area (Å²) in [7, 11) is 0. The number of hydrogen-bond donors (Lipinski definition) is 1. The van der Waals surface area contributed by atoms with Crippen molar-refractivity contribution in [2.45, 2.75) is 38.1 Å². The van der Waals surface area contributed by atoms with Crippen LogP contribution in [0.2, 0.25) is 0 Å². The van der Waals surface area contributed by atoms with Gasteiger partial charge in [0.2, 0.25) is 0 Å². The molecule has 0 fully saturated rings. The van der Waals surface area contributed by atoms with E-state index in [4.69, 9.17) is 5.11 Å². The van der Waals surface area contributed by atoms with Crippen LogP contribution in [0.15, 0.2) is 0 Å². The maximum Gasteiger partial charge on any atom is 0.389 e. The van der Waals surface area contributed by atoms with E-state index >= 15 is 0 Å². The summed E-state index contributed by atoms with van der Waals surface area (Å²) in [6, 6.07) is 0. The minimum Gasteiger partial charge on any atom is -0.480 e. The molecule has 0 aliphatic carbocycles. The molecule has 0 amide bonds. The molecule has 0 aliphatic heterocycles. The van der Waals surface area contributed by atoms with Crippen LogP contribution in [0.1, 0.15) is 27.2 Å². The molecule has 15 heavy (non-hydrogen) atoms. The van der Waals surface area contributed by atoms with Gasteiger partial charge in [-0.15, -0.1) is 11.8 Å². The van der Waals surface area contributed by atoms with Gasteiger partial charge in [0.05, 0.1) is 6.42 Å². The SMILES string of the molecule is CC(C)C(C)(SCCC(F)(F)F)C(=O)O. The van der Waals surface area contributed by atoms with E-state index in [2.05, 4.69) is 0 Å². The third-order valence-corrected chi connectivity index (χ3v) is 3.97. The van der Waals surface area contributed by atoms with Crippen molar-refractivity contribution in [3.63, 3.8) is 0 Å². The lowest BCUT2D eigenvalue weighted by atomic mass is 9.97. The molecule has 2 nitrogen and oxygen atoms in total. The van der Waals surface area contributed by atoms with Gasteiger partial charge >= 0.3 is 12.1 Å². The van der Waals surface area contributed by atoms with Crippen molar-refractivity contribution in [3.05, 3.63) is 0 Å². The summed E-state index contributed by atoms with van der Waals surface area (Å²) in [5.74, 6) is -1.50. The molecule has 0 saturated carbocycles. The lowest BCUT2D eigenvalue weighted by Gasteiger charge is -2.28. The minimum atomic E-state index is -4.22. The third kappa shape index (κ3) is 4.77. The Morgan fingerprint density at radius 2 is 1.87 bits per heavy atom. The number of carboxylic acid groups (broad SMARTS) is 1. The summed E-state index contributed by atoms with van der Waals surface area (Å²) < 4.78 is 34.5. The summed E-state index contributed by atoms with van der Waals surface area (Å²) >= 11 is 0.847. The van der Waals surface area contributed by atoms with Crippen molar-refractivity contribution >= 4 is 17.7 Å². The van der Waals surface area contributed by atoms with Crippen LogP contribution in [-0.2, 0) is 4.79 Å². The van der Waals surface area contributed by atoms with E-state index in [1.807, 2.05) is 0 Å². The first-order valence-electron chi connectivity index (χ1n) is 4.53. The Labute approximate surface area is 91.2 Å². The number of thioether (sulfide) groups is 1. The van der Waals surface area contributed by atoms with Gasteiger partial charge in [0.1, 0.15) is 4.75 Å². The Bertz CT molecular complexity index is 228. The molecule has 90 valence electrons. The first kappa shape index (κ1) is 14.6. The van der Waals surface area contributed by atoms with Crippen molar-refractivity contribution in [2.24, 2.45) is 5.92 Å². The first-order chi connectivity index (χ1) is 6.59. The maximum absolute atomic E-state index is 11.9. The van der Waals surface area contributed by atoms with Crippen molar-refractivity contribution in [3.8, 4) is 0 Å². The van der Waals surface area contributed by atoms with Crippen molar-refractivity contribution < 1.29 is 23.1 Å². The molecule has 0 radical (unpaired) electrons. The van der Waals surface area contributed by atoms with Crippen LogP contribution in [0.5, 0.6) is 0 Å². The highest BCUT2D eigenvalue weighted by Gasteiger charge is 2.38. The van der Waals surface area contributed by atoms with Gasteiger partial charge in [0.15, 0.2) is 0 Å². The number of halogens is 3. The lowest BCUT2D eigenvalue weighted by molar-refractivity contribution is -0.140. The highest BCUT2D eigenvalue weighted by atomic mass is 32.2. The quantitative estimate of drug-likeness (QED) is 0.807. The zero-order valence-electron chi connectivity index (χ0n) is 8.89. The molecule has 6 heteroatoms. The average molecular weight is 244 g/mol. The van der Waals surface area contributed by atoms with Gasteiger partial charge in [-0.1, -0.05) is 13.8 Å². The van der Waals surface area contributed by atoms with Crippen LogP contribution in [0.25, 0.3) is 0 Å². The molecule has 1 unspecified atom stereocenters. The molecular formula is C9H15F3O2S. The monoisotopic (exact) mass is 244 g/mol. The Morgan fingerprint density at radius 1 is 1.40 bits per heavy atom. The zero-order valence-corrected chi connectivity index (χ0v) is 9.71. The molecule has 1 N–H and O–H groups in total. The van der Waals surface area contributed by atoms with Gasteiger partial charge in [-0.3, -0.25) is 4.79 Å². The standard InChI is InChI=1S/C9H15F3O2S/c1-6(2)8(3,7(13)14)15-5-4-9(10,11)12/h6H,4-5H2,1-3H3,(H,13,14). The fraction of sp³-hybridized carbons (Fsp3) is 0.889. The topological polar surface area (TPSA) is 37.3 Å². The van der Waals surface area contributed by atoms with E-state index in [-0.39, 0.29) is 11.7 Å². The molecule has 0 heterocycles. The highest BCUT2D eigenvalue weighted by Crippen LogP contribution is 2.35. The number of carboxylic acids is 1. The van der Waals surface area contributed by atoms with Crippen LogP contribution in [-0.4, -0.2) is 27.8 Å². The molecule has 0 rings (SSSR count). The number of carbonyl (C=O) groups is 1. The molecule has 0 saturated heterocycles. The fourth-order valence-corrected chi connectivity index (χ4v) is 2.07. The second-order valence-corrected chi connectivity index (χ2v) is 5.33. The molecule has 0 aromatic rings. The molecule has 0 aromatic heterocycles. The van der Waals surface area contributed by atoms with E-state index in [1.165, 1.54) is 6.92 Å². The summed E-state index contributed by atoms with van der Waals surface area (Å²) in [6.07, 6.45) is -5.17. The summed E-state index contributed by atoms with van der Waals surface area (Å²) in [5, 5.41) is 8.93. The predicted molar refractivity (Wildman–Crippen MR) is 54.0 cm³/mol. The van der Waals surface area contributed by atoms with Gasteiger partial charge in [-0.25, -0.2) is 0 Å². The Morgan fingerprint density at radius 3 is 2.13 bits per heavy atom. The van der Waals surface area contributed by atoms with Crippen molar-refractivity contribution in [1.29, 1.82) is 0 Å². The Balaban J connectivity index is 4.28. The van der Waals surface area contributed by atoms with E-state index in [0.29, 0.717) is 0 Å². The molecule has 0 bridgehead atoms. The van der Waals surface area contributed by atoms with E-state index in [0.717, 1.165) is 11.8 Å². The van der Waals surface area contributed by atoms with E-state index < -0.39 is 23.3 Å². The fourth-order valence-electron chi connectivity index (χ4n) is 0.854. The summed E-state index contributed by atoms with van der Waals surface area (Å²) in [5.41, 5.74) is 0. The molecule has 0 aromatic carbocycles. The second-order valence-electron chi connectivity index (χ2n) is 3.78. The van der Waals surface area contributed by atoms with Crippen LogP contribution >= 0.6 is 11.8 Å². The third-order valence-electron chi connectivity index (χ3n) is 2.31. The van der Waals surface area contributed by atoms with E-state index in [9.17, 15) is 18.0 Å². The first-order valence-corrected chi connectivity index (χ1v) is 5.52. The van der Waals surface area contributed by atoms with Crippen LogP contribution in [0.4, 0.5) is 13.2 Å². The zero-order chi connectivity index (χ0) is 12.3. The number of aliphatic carboxylic acids is 1. The summed E-state index contributed by atoms with van der Waals surface area (Å²) in [6.45, 7) is 4.84. The molecule has 0 spiro atoms. The van der Waals surface area contributed by atoms with Gasteiger partial charge in [-0.05, 0) is 12.8 Å². The second kappa shape index (κ2) is 5.09. The minimum absolute atomic E-state index is 0.215. The Hall–Kier alpha value is -0.390. The predicted octanol–water partition coefficient (Wildman–Crippen LogP) is 3.17. The van der Waals surface area contributed by atoms with Crippen molar-refractivity contribution in [2.75, 3.05) is 5.75 Å². The van der Waals surface area contributed by atoms with Gasteiger partial charge < -0.3 is 5.11 Å².